The third kappa shape index (κ3) is 4.11. The molecule has 0 aliphatic rings. The summed E-state index contributed by atoms with van der Waals surface area (Å²) >= 11 is 8.88. The molecule has 3 aromatic carbocycles. The Morgan fingerprint density at radius 1 is 0.969 bits per heavy atom. The lowest BCUT2D eigenvalue weighted by Crippen LogP contribution is -2.17. The molecule has 0 amide bonds. The summed E-state index contributed by atoms with van der Waals surface area (Å²) in [5, 5.41) is 10.5. The summed E-state index contributed by atoms with van der Waals surface area (Å²) in [6.45, 7) is 2.42. The van der Waals surface area contributed by atoms with E-state index in [0.29, 0.717) is 6.54 Å². The third-order valence-electron chi connectivity index (χ3n) is 5.21. The van der Waals surface area contributed by atoms with Crippen LogP contribution in [0.15, 0.2) is 82.7 Å². The number of benzene rings is 3. The lowest BCUT2D eigenvalue weighted by Gasteiger charge is -2.13. The number of fused-ring (bicyclic) bond motifs is 1. The maximum atomic E-state index is 12.7. The minimum Gasteiger partial charge on any atom is -0.291 e. The number of halogens is 1. The molecule has 0 unspecified atom stereocenters. The zero-order chi connectivity index (χ0) is 22.1. The maximum Gasteiger partial charge on any atom is 0.308 e. The largest absolute Gasteiger partial charge is 0.308 e. The molecule has 32 heavy (non-hydrogen) atoms. The number of para-hydroxylation sites is 2. The normalized spacial score (nSPS) is 11.3. The van der Waals surface area contributed by atoms with Crippen LogP contribution in [0.25, 0.3) is 15.9 Å². The van der Waals surface area contributed by atoms with Gasteiger partial charge in [0, 0.05) is 10.8 Å². The summed E-state index contributed by atoms with van der Waals surface area (Å²) in [6, 6.07) is 23.8. The molecule has 8 heteroatoms. The number of thioether (sulfide) groups is 1. The summed E-state index contributed by atoms with van der Waals surface area (Å²) in [5.74, 6) is 1.46. The van der Waals surface area contributed by atoms with Gasteiger partial charge in [0.05, 0.1) is 22.4 Å². The summed E-state index contributed by atoms with van der Waals surface area (Å²) in [6.07, 6.45) is 0. The van der Waals surface area contributed by atoms with Crippen molar-refractivity contribution in [2.45, 2.75) is 24.4 Å². The number of rotatable bonds is 6. The molecule has 0 aliphatic heterocycles. The van der Waals surface area contributed by atoms with Crippen molar-refractivity contribution in [3.63, 3.8) is 0 Å². The van der Waals surface area contributed by atoms with Crippen molar-refractivity contribution in [1.82, 2.24) is 19.3 Å². The monoisotopic (exact) mass is 478 g/mol. The second kappa shape index (κ2) is 8.94. The standard InChI is InChI=1S/C24H19ClN4OS2/c1-16-6-2-3-7-19(16)29-22(14-28-20-8-4-5-9-21(20)32-24(28)30)26-27-23(29)31-15-17-10-12-18(25)13-11-17/h2-13H,14-15H2,1H3. The molecule has 0 radical (unpaired) electrons. The molecule has 160 valence electrons. The molecule has 0 atom stereocenters. The highest BCUT2D eigenvalue weighted by Crippen LogP contribution is 2.28. The Bertz CT molecular complexity index is 1450. The van der Waals surface area contributed by atoms with E-state index in [2.05, 4.69) is 33.8 Å². The molecule has 0 fully saturated rings. The van der Waals surface area contributed by atoms with Crippen LogP contribution in [0.1, 0.15) is 17.0 Å². The van der Waals surface area contributed by atoms with Crippen LogP contribution in [0, 0.1) is 6.92 Å². The van der Waals surface area contributed by atoms with Gasteiger partial charge in [-0.15, -0.1) is 10.2 Å². The van der Waals surface area contributed by atoms with Gasteiger partial charge in [-0.05, 0) is 48.4 Å². The van der Waals surface area contributed by atoms with Crippen LogP contribution in [-0.2, 0) is 12.3 Å². The van der Waals surface area contributed by atoms with E-state index in [9.17, 15) is 4.79 Å². The first-order chi connectivity index (χ1) is 15.6. The predicted molar refractivity (Wildman–Crippen MR) is 132 cm³/mol. The van der Waals surface area contributed by atoms with Gasteiger partial charge in [0.25, 0.3) is 0 Å². The van der Waals surface area contributed by atoms with Crippen LogP contribution < -0.4 is 4.87 Å². The van der Waals surface area contributed by atoms with E-state index in [-0.39, 0.29) is 4.87 Å². The lowest BCUT2D eigenvalue weighted by molar-refractivity contribution is 0.724. The summed E-state index contributed by atoms with van der Waals surface area (Å²) in [7, 11) is 0. The van der Waals surface area contributed by atoms with Gasteiger partial charge in [-0.25, -0.2) is 0 Å². The van der Waals surface area contributed by atoms with Crippen LogP contribution >= 0.6 is 34.7 Å². The molecule has 0 bridgehead atoms. The fourth-order valence-electron chi connectivity index (χ4n) is 3.59. The van der Waals surface area contributed by atoms with E-state index < -0.39 is 0 Å². The maximum absolute atomic E-state index is 12.7. The molecular weight excluding hydrogens is 460 g/mol. The molecule has 0 N–H and O–H groups in total. The number of hydrogen-bond acceptors (Lipinski definition) is 5. The first-order valence-electron chi connectivity index (χ1n) is 10.1. The van der Waals surface area contributed by atoms with E-state index in [1.54, 1.807) is 16.3 Å². The van der Waals surface area contributed by atoms with Crippen LogP contribution in [0.2, 0.25) is 5.02 Å². The van der Waals surface area contributed by atoms with Crippen molar-refractivity contribution in [1.29, 1.82) is 0 Å². The SMILES string of the molecule is Cc1ccccc1-n1c(Cn2c(=O)sc3ccccc32)nnc1SCc1ccc(Cl)cc1. The van der Waals surface area contributed by atoms with Crippen LogP contribution in [0.3, 0.4) is 0 Å². The summed E-state index contributed by atoms with van der Waals surface area (Å²) in [5.41, 5.74) is 4.20. The van der Waals surface area contributed by atoms with Gasteiger partial charge in [0.2, 0.25) is 0 Å². The predicted octanol–water partition coefficient (Wildman–Crippen LogP) is 5.95. The Morgan fingerprint density at radius 3 is 2.53 bits per heavy atom. The second-order valence-electron chi connectivity index (χ2n) is 7.36. The van der Waals surface area contributed by atoms with Gasteiger partial charge in [-0.3, -0.25) is 13.9 Å². The first-order valence-corrected chi connectivity index (χ1v) is 12.2. The Morgan fingerprint density at radius 2 is 1.72 bits per heavy atom. The van der Waals surface area contributed by atoms with Crippen molar-refractivity contribution in [3.8, 4) is 5.69 Å². The fraction of sp³-hybridized carbons (Fsp3) is 0.125. The van der Waals surface area contributed by atoms with Gasteiger partial charge in [0.1, 0.15) is 0 Å². The number of thiazole rings is 1. The average Bonchev–Trinajstić information content (AvgIpc) is 3.34. The Balaban J connectivity index is 1.55. The Hall–Kier alpha value is -2.87. The van der Waals surface area contributed by atoms with Crippen molar-refractivity contribution in [3.05, 3.63) is 104 Å². The van der Waals surface area contributed by atoms with Crippen LogP contribution in [0.4, 0.5) is 0 Å². The molecule has 5 nitrogen and oxygen atoms in total. The summed E-state index contributed by atoms with van der Waals surface area (Å²) < 4.78 is 4.80. The van der Waals surface area contributed by atoms with Gasteiger partial charge >= 0.3 is 4.87 Å². The molecule has 0 saturated carbocycles. The van der Waals surface area contributed by atoms with E-state index >= 15 is 0 Å². The van der Waals surface area contributed by atoms with E-state index in [4.69, 9.17) is 11.6 Å². The van der Waals surface area contributed by atoms with Gasteiger partial charge in [0.15, 0.2) is 11.0 Å². The number of nitrogens with zero attached hydrogens (tertiary/aromatic N) is 4. The highest BCUT2D eigenvalue weighted by Gasteiger charge is 2.18. The molecule has 5 aromatic rings. The molecule has 2 heterocycles. The molecular formula is C24H19ClN4OS2. The van der Waals surface area contributed by atoms with E-state index in [0.717, 1.165) is 48.8 Å². The highest BCUT2D eigenvalue weighted by molar-refractivity contribution is 7.98. The zero-order valence-electron chi connectivity index (χ0n) is 17.2. The van der Waals surface area contributed by atoms with Crippen molar-refractivity contribution in [2.24, 2.45) is 0 Å². The quantitative estimate of drug-likeness (QED) is 0.283. The Labute approximate surface area is 198 Å². The van der Waals surface area contributed by atoms with Crippen molar-refractivity contribution in [2.75, 3.05) is 0 Å². The first kappa shape index (κ1) is 21.0. The summed E-state index contributed by atoms with van der Waals surface area (Å²) in [4.78, 5) is 12.7. The minimum atomic E-state index is 0.000834. The van der Waals surface area contributed by atoms with Gasteiger partial charge < -0.3 is 0 Å². The van der Waals surface area contributed by atoms with Crippen molar-refractivity contribution < 1.29 is 0 Å². The second-order valence-corrected chi connectivity index (χ2v) is 9.73. The molecule has 0 saturated heterocycles. The molecule has 5 rings (SSSR count). The molecule has 0 spiro atoms. The van der Waals surface area contributed by atoms with Crippen LogP contribution in [-0.4, -0.2) is 19.3 Å². The number of aryl methyl sites for hydroxylation is 1. The van der Waals surface area contributed by atoms with E-state index in [1.807, 2.05) is 60.7 Å². The van der Waals surface area contributed by atoms with Gasteiger partial charge in [-0.2, -0.15) is 0 Å². The number of hydrogen-bond donors (Lipinski definition) is 0. The topological polar surface area (TPSA) is 52.7 Å². The molecule has 0 aliphatic carbocycles. The van der Waals surface area contributed by atoms with Gasteiger partial charge in [-0.1, -0.05) is 77.2 Å². The smallest absolute Gasteiger partial charge is 0.291 e. The van der Waals surface area contributed by atoms with Crippen LogP contribution in [0.5, 0.6) is 0 Å². The van der Waals surface area contributed by atoms with E-state index in [1.165, 1.54) is 11.3 Å². The lowest BCUT2D eigenvalue weighted by atomic mass is 10.2. The third-order valence-corrected chi connectivity index (χ3v) is 7.42. The Kier molecular flexibility index (Phi) is 5.87. The highest BCUT2D eigenvalue weighted by atomic mass is 35.5. The minimum absolute atomic E-state index is 0.000834. The molecule has 2 aromatic heterocycles. The fourth-order valence-corrected chi connectivity index (χ4v) is 5.52. The average molecular weight is 479 g/mol. The van der Waals surface area contributed by atoms with Crippen molar-refractivity contribution >= 4 is 44.9 Å². The zero-order valence-corrected chi connectivity index (χ0v) is 19.6. The number of aromatic nitrogens is 4.